The van der Waals surface area contributed by atoms with Gasteiger partial charge in [-0.15, -0.1) is 0 Å². The number of pyridine rings is 1. The molecule has 0 atom stereocenters. The molecule has 0 radical (unpaired) electrons. The van der Waals surface area contributed by atoms with Gasteiger partial charge >= 0.3 is 0 Å². The van der Waals surface area contributed by atoms with E-state index in [1.165, 1.54) is 12.1 Å². The molecule has 1 N–H and O–H groups in total. The van der Waals surface area contributed by atoms with Crippen molar-refractivity contribution in [3.63, 3.8) is 0 Å². The molecule has 6 rings (SSSR count). The number of hydrogen-bond donors (Lipinski definition) is 1. The highest BCUT2D eigenvalue weighted by Crippen LogP contribution is 2.38. The maximum absolute atomic E-state index is 13.7. The molecule has 176 valence electrons. The Balaban J connectivity index is 1.49. The average Bonchev–Trinajstić information content (AvgIpc) is 3.49. The highest BCUT2D eigenvalue weighted by molar-refractivity contribution is 7.93. The largest absolute Gasteiger partial charge is 0.299 e. The van der Waals surface area contributed by atoms with Crippen LogP contribution >= 0.6 is 0 Å². The number of nitrogens with one attached hydrogen (secondary N) is 1. The summed E-state index contributed by atoms with van der Waals surface area (Å²) in [7, 11) is -1.57. The number of benzene rings is 2. The summed E-state index contributed by atoms with van der Waals surface area (Å²) in [5.74, 6) is -0.0469. The monoisotopic (exact) mass is 488 g/mol. The topological polar surface area (TPSA) is 94.7 Å². The normalized spacial score (nSPS) is 13.9. The summed E-state index contributed by atoms with van der Waals surface area (Å²) >= 11 is 0. The van der Waals surface area contributed by atoms with Crippen LogP contribution in [-0.2, 0) is 17.1 Å². The van der Waals surface area contributed by atoms with Crippen LogP contribution in [0, 0.1) is 5.82 Å². The van der Waals surface area contributed by atoms with Crippen molar-refractivity contribution in [2.45, 2.75) is 18.1 Å². The first-order valence-corrected chi connectivity index (χ1v) is 12.7. The maximum atomic E-state index is 13.7. The summed E-state index contributed by atoms with van der Waals surface area (Å²) in [4.78, 5) is 8.90. The number of halogens is 1. The molecule has 10 heteroatoms. The lowest BCUT2D eigenvalue weighted by Crippen LogP contribution is -2.18. The van der Waals surface area contributed by atoms with Gasteiger partial charge in [-0.3, -0.25) is 14.0 Å². The molecule has 1 aliphatic rings. The van der Waals surface area contributed by atoms with Crippen LogP contribution in [0.4, 0.5) is 10.2 Å². The van der Waals surface area contributed by atoms with Crippen LogP contribution in [0.3, 0.4) is 0 Å². The van der Waals surface area contributed by atoms with Crippen molar-refractivity contribution in [3.05, 3.63) is 79.3 Å². The molecule has 35 heavy (non-hydrogen) atoms. The minimum Gasteiger partial charge on any atom is -0.299 e. The molecule has 0 aliphatic heterocycles. The zero-order valence-electron chi connectivity index (χ0n) is 18.8. The third-order valence-electron chi connectivity index (χ3n) is 6.10. The molecule has 1 saturated carbocycles. The number of hydrogen-bond acceptors (Lipinski definition) is 5. The van der Waals surface area contributed by atoms with E-state index in [1.54, 1.807) is 47.7 Å². The van der Waals surface area contributed by atoms with Gasteiger partial charge in [0.2, 0.25) is 10.0 Å². The summed E-state index contributed by atoms with van der Waals surface area (Å²) in [5.41, 5.74) is 5.80. The van der Waals surface area contributed by atoms with Gasteiger partial charge in [-0.1, -0.05) is 18.2 Å². The Hall–Kier alpha value is -4.05. The summed E-state index contributed by atoms with van der Waals surface area (Å²) in [6.45, 7) is 0. The number of anilines is 1. The fourth-order valence-corrected chi connectivity index (χ4v) is 5.56. The molecule has 3 aromatic heterocycles. The van der Waals surface area contributed by atoms with E-state index >= 15 is 0 Å². The molecule has 8 nitrogen and oxygen atoms in total. The summed E-state index contributed by atoms with van der Waals surface area (Å²) < 4.78 is 44.6. The number of fused-ring (bicyclic) bond motifs is 1. The molecule has 1 aliphatic carbocycles. The van der Waals surface area contributed by atoms with Gasteiger partial charge in [0.15, 0.2) is 0 Å². The molecular weight excluding hydrogens is 467 g/mol. The third-order valence-corrected chi connectivity index (χ3v) is 7.94. The fraction of sp³-hybridized carbons (Fsp3) is 0.160. The Morgan fingerprint density at radius 3 is 2.54 bits per heavy atom. The van der Waals surface area contributed by atoms with Crippen molar-refractivity contribution in [2.75, 3.05) is 4.72 Å². The van der Waals surface area contributed by atoms with Crippen molar-refractivity contribution in [3.8, 4) is 27.9 Å². The third kappa shape index (κ3) is 3.95. The Morgan fingerprint density at radius 1 is 1.03 bits per heavy atom. The summed E-state index contributed by atoms with van der Waals surface area (Å²) in [5, 5.41) is 3.96. The van der Waals surface area contributed by atoms with E-state index in [-0.39, 0.29) is 16.9 Å². The molecule has 5 aromatic rings. The van der Waals surface area contributed by atoms with E-state index < -0.39 is 10.0 Å². The number of imidazole rings is 1. The van der Waals surface area contributed by atoms with Gasteiger partial charge in [-0.05, 0) is 48.2 Å². The lowest BCUT2D eigenvalue weighted by atomic mass is 9.94. The summed E-state index contributed by atoms with van der Waals surface area (Å²) in [6.07, 6.45) is 8.31. The van der Waals surface area contributed by atoms with Gasteiger partial charge in [0.1, 0.15) is 18.0 Å². The Morgan fingerprint density at radius 2 is 1.83 bits per heavy atom. The van der Waals surface area contributed by atoms with Crippen LogP contribution in [0.25, 0.3) is 39.0 Å². The van der Waals surface area contributed by atoms with E-state index in [4.69, 9.17) is 4.98 Å². The first-order valence-electron chi connectivity index (χ1n) is 11.1. The Kier molecular flexibility index (Phi) is 4.92. The Labute approximate surface area is 201 Å². The Bertz CT molecular complexity index is 1670. The van der Waals surface area contributed by atoms with Crippen molar-refractivity contribution in [1.29, 1.82) is 0 Å². The number of sulfonamides is 1. The second kappa shape index (κ2) is 8.02. The molecule has 2 aromatic carbocycles. The van der Waals surface area contributed by atoms with Gasteiger partial charge in [-0.2, -0.15) is 5.10 Å². The number of aromatic nitrogens is 5. The highest BCUT2D eigenvalue weighted by atomic mass is 32.2. The highest BCUT2D eigenvalue weighted by Gasteiger charge is 2.36. The van der Waals surface area contributed by atoms with Crippen LogP contribution < -0.4 is 4.72 Å². The molecule has 0 amide bonds. The predicted molar refractivity (Wildman–Crippen MR) is 132 cm³/mol. The van der Waals surface area contributed by atoms with Gasteiger partial charge in [-0.25, -0.2) is 22.8 Å². The van der Waals surface area contributed by atoms with E-state index in [0.29, 0.717) is 12.8 Å². The van der Waals surface area contributed by atoms with E-state index in [1.807, 2.05) is 29.9 Å². The van der Waals surface area contributed by atoms with Crippen molar-refractivity contribution in [1.82, 2.24) is 24.3 Å². The first-order chi connectivity index (χ1) is 16.9. The molecule has 0 spiro atoms. The van der Waals surface area contributed by atoms with Gasteiger partial charge in [0.05, 0.1) is 28.2 Å². The predicted octanol–water partition coefficient (Wildman–Crippen LogP) is 4.53. The van der Waals surface area contributed by atoms with E-state index in [9.17, 15) is 12.8 Å². The van der Waals surface area contributed by atoms with Crippen LogP contribution in [-0.4, -0.2) is 38.0 Å². The minimum atomic E-state index is -3.42. The number of rotatable bonds is 6. The number of nitrogens with zero attached hydrogens (tertiary/aromatic N) is 5. The van der Waals surface area contributed by atoms with Gasteiger partial charge in [0.25, 0.3) is 0 Å². The molecule has 0 bridgehead atoms. The van der Waals surface area contributed by atoms with E-state index in [0.717, 1.165) is 39.0 Å². The van der Waals surface area contributed by atoms with E-state index in [2.05, 4.69) is 14.8 Å². The smallest absolute Gasteiger partial charge is 0.236 e. The quantitative estimate of drug-likeness (QED) is 0.379. The van der Waals surface area contributed by atoms with Crippen LogP contribution in [0.15, 0.2) is 73.4 Å². The van der Waals surface area contributed by atoms with Crippen molar-refractivity contribution >= 4 is 26.9 Å². The van der Waals surface area contributed by atoms with Gasteiger partial charge in [0, 0.05) is 36.6 Å². The molecule has 0 saturated heterocycles. The van der Waals surface area contributed by atoms with Crippen LogP contribution in [0.1, 0.15) is 12.8 Å². The molecule has 1 fully saturated rings. The fourth-order valence-electron chi connectivity index (χ4n) is 4.23. The lowest BCUT2D eigenvalue weighted by Gasteiger charge is -2.12. The summed E-state index contributed by atoms with van der Waals surface area (Å²) in [6, 6.07) is 13.8. The molecular formula is C25H21FN6O2S. The maximum Gasteiger partial charge on any atom is 0.236 e. The van der Waals surface area contributed by atoms with Crippen LogP contribution in [0.5, 0.6) is 0 Å². The second-order valence-electron chi connectivity index (χ2n) is 8.63. The number of aryl methyl sites for hydroxylation is 1. The second-order valence-corrected chi connectivity index (χ2v) is 10.6. The first kappa shape index (κ1) is 21.5. The lowest BCUT2D eigenvalue weighted by molar-refractivity contribution is 0.600. The minimum absolute atomic E-state index is 0.266. The van der Waals surface area contributed by atoms with Crippen molar-refractivity contribution < 1.29 is 12.8 Å². The zero-order chi connectivity index (χ0) is 24.2. The van der Waals surface area contributed by atoms with Gasteiger partial charge < -0.3 is 0 Å². The molecule has 3 heterocycles. The standard InChI is InChI=1S/C25H21FN6O2S/c1-31-14-17(13-29-31)21-8-9-22-25(24(21)16-2-4-18(26)5-3-16)28-15-32(22)19-10-11-27-23(12-19)30-35(33,34)20-6-7-20/h2-5,8-15,20H,6-7H2,1H3,(H,27,30). The molecule has 0 unspecified atom stereocenters. The zero-order valence-corrected chi connectivity index (χ0v) is 19.6. The van der Waals surface area contributed by atoms with Crippen molar-refractivity contribution in [2.24, 2.45) is 7.05 Å². The SMILES string of the molecule is Cn1cc(-c2ccc3c(ncn3-c3ccnc(NS(=O)(=O)C4CC4)c3)c2-c2ccc(F)cc2)cn1. The average molecular weight is 489 g/mol. The van der Waals surface area contributed by atoms with Crippen LogP contribution in [0.2, 0.25) is 0 Å².